The zero-order valence-corrected chi connectivity index (χ0v) is 30.4. The molecule has 8 heteroatoms. The summed E-state index contributed by atoms with van der Waals surface area (Å²) in [6.07, 6.45) is 3.72. The SMILES string of the molecule is N#Cc1cc(C#N)cc(Sc2ccc(-n3c4ccccc4c4c3c3c5ccccc5n(-c5ccccn5)c3c3c5ccccc5n(-c5ccccn5)c43)cc2)c1. The number of benzene rings is 6. The van der Waals surface area contributed by atoms with Gasteiger partial charge < -0.3 is 4.57 Å². The van der Waals surface area contributed by atoms with Crippen LogP contribution in [0.3, 0.4) is 0 Å². The van der Waals surface area contributed by atoms with Gasteiger partial charge in [-0.15, -0.1) is 0 Å². The summed E-state index contributed by atoms with van der Waals surface area (Å²) in [4.78, 5) is 11.7. The van der Waals surface area contributed by atoms with E-state index in [1.54, 1.807) is 6.07 Å². The Morgan fingerprint density at radius 1 is 0.429 bits per heavy atom. The summed E-state index contributed by atoms with van der Waals surface area (Å²) >= 11 is 1.54. The fourth-order valence-electron chi connectivity index (χ4n) is 8.45. The molecule has 0 unspecified atom stereocenters. The Labute approximate surface area is 324 Å². The predicted octanol–water partition coefficient (Wildman–Crippen LogP) is 11.7. The van der Waals surface area contributed by atoms with Crippen LogP contribution in [0.1, 0.15) is 11.1 Å². The van der Waals surface area contributed by atoms with Gasteiger partial charge in [0.25, 0.3) is 0 Å². The normalized spacial score (nSPS) is 11.6. The first-order valence-electron chi connectivity index (χ1n) is 18.2. The van der Waals surface area contributed by atoms with Crippen molar-refractivity contribution < 1.29 is 0 Å². The minimum Gasteiger partial charge on any atom is -0.308 e. The van der Waals surface area contributed by atoms with Crippen LogP contribution in [0.2, 0.25) is 0 Å². The highest BCUT2D eigenvalue weighted by Crippen LogP contribution is 2.50. The van der Waals surface area contributed by atoms with Crippen LogP contribution in [0, 0.1) is 22.7 Å². The Morgan fingerprint density at radius 3 is 1.30 bits per heavy atom. The van der Waals surface area contributed by atoms with Gasteiger partial charge in [0.05, 0.1) is 56.4 Å². The van der Waals surface area contributed by atoms with Gasteiger partial charge in [0.2, 0.25) is 0 Å². The second-order valence-corrected chi connectivity index (χ2v) is 14.8. The molecule has 5 aromatic heterocycles. The lowest BCUT2D eigenvalue weighted by Gasteiger charge is -2.13. The van der Waals surface area contributed by atoms with E-state index in [1.807, 2.05) is 48.8 Å². The molecular formula is C48H27N7S. The molecule has 0 bridgehead atoms. The van der Waals surface area contributed by atoms with Gasteiger partial charge in [-0.05, 0) is 84.9 Å². The Kier molecular flexibility index (Phi) is 7.08. The van der Waals surface area contributed by atoms with E-state index in [-0.39, 0.29) is 0 Å². The fraction of sp³-hybridized carbons (Fsp3) is 0. The highest BCUT2D eigenvalue weighted by Gasteiger charge is 2.29. The van der Waals surface area contributed by atoms with Gasteiger partial charge in [-0.1, -0.05) is 78.5 Å². The van der Waals surface area contributed by atoms with E-state index >= 15 is 0 Å². The van der Waals surface area contributed by atoms with E-state index in [1.165, 1.54) is 11.8 Å². The lowest BCUT2D eigenvalue weighted by molar-refractivity contribution is 1.08. The summed E-state index contributed by atoms with van der Waals surface area (Å²) in [5, 5.41) is 26.0. The van der Waals surface area contributed by atoms with Crippen molar-refractivity contribution in [3.63, 3.8) is 0 Å². The molecule has 0 saturated heterocycles. The van der Waals surface area contributed by atoms with Crippen LogP contribution in [0.4, 0.5) is 0 Å². The van der Waals surface area contributed by atoms with Crippen LogP contribution in [-0.2, 0) is 0 Å². The van der Waals surface area contributed by atoms with Crippen molar-refractivity contribution in [3.05, 3.63) is 175 Å². The highest BCUT2D eigenvalue weighted by atomic mass is 32.2. The standard InChI is InChI=1S/C48H27N7S/c49-28-30-25-31(29-50)27-34(26-30)56-33-21-19-32(20-22-33)53-38-14-4-1-11-35(38)43-46(53)44-36-12-2-5-15-39(36)54(41-17-7-9-23-51-41)48(44)45-37-13-3-6-16-40(37)55(47(43)45)42-18-8-10-24-52-42/h1-27H. The van der Waals surface area contributed by atoms with Crippen molar-refractivity contribution in [1.82, 2.24) is 23.7 Å². The van der Waals surface area contributed by atoms with Gasteiger partial charge in [-0.3, -0.25) is 9.13 Å². The molecule has 11 aromatic rings. The van der Waals surface area contributed by atoms with Crippen LogP contribution in [-0.4, -0.2) is 23.7 Å². The average Bonchev–Trinajstić information content (AvgIpc) is 3.90. The minimum absolute atomic E-state index is 0.469. The number of fused-ring (bicyclic) bond motifs is 12. The Hall–Kier alpha value is -7.65. The van der Waals surface area contributed by atoms with E-state index in [2.05, 4.69) is 135 Å². The molecule has 7 nitrogen and oxygen atoms in total. The monoisotopic (exact) mass is 733 g/mol. The van der Waals surface area contributed by atoms with Crippen molar-refractivity contribution in [2.45, 2.75) is 9.79 Å². The third kappa shape index (κ3) is 4.64. The lowest BCUT2D eigenvalue weighted by atomic mass is 10.0. The third-order valence-corrected chi connectivity index (χ3v) is 11.6. The van der Waals surface area contributed by atoms with Crippen LogP contribution in [0.5, 0.6) is 0 Å². The lowest BCUT2D eigenvalue weighted by Crippen LogP contribution is -1.99. The number of nitriles is 2. The number of hydrogen-bond acceptors (Lipinski definition) is 5. The summed E-state index contributed by atoms with van der Waals surface area (Å²) in [6, 6.07) is 56.3. The summed E-state index contributed by atoms with van der Waals surface area (Å²) in [6.45, 7) is 0. The quantitative estimate of drug-likeness (QED) is 0.176. The summed E-state index contributed by atoms with van der Waals surface area (Å²) in [7, 11) is 0. The molecule has 0 amide bonds. The smallest absolute Gasteiger partial charge is 0.137 e. The van der Waals surface area contributed by atoms with E-state index in [9.17, 15) is 10.5 Å². The topological polar surface area (TPSA) is 88.1 Å². The highest BCUT2D eigenvalue weighted by molar-refractivity contribution is 7.99. The number of pyridine rings is 2. The molecule has 0 atom stereocenters. The molecule has 0 saturated carbocycles. The summed E-state index contributed by atoms with van der Waals surface area (Å²) in [5.74, 6) is 1.69. The second kappa shape index (κ2) is 12.5. The molecule has 11 rings (SSSR count). The van der Waals surface area contributed by atoms with Crippen molar-refractivity contribution in [2.75, 3.05) is 0 Å². The largest absolute Gasteiger partial charge is 0.308 e. The average molecular weight is 734 g/mol. The van der Waals surface area contributed by atoms with E-state index in [4.69, 9.17) is 9.97 Å². The Bertz CT molecular complexity index is 3350. The molecule has 6 aromatic carbocycles. The number of rotatable bonds is 5. The zero-order valence-electron chi connectivity index (χ0n) is 29.6. The van der Waals surface area contributed by atoms with Gasteiger partial charge in [0.15, 0.2) is 0 Å². The molecule has 0 spiro atoms. The Morgan fingerprint density at radius 2 is 0.857 bits per heavy atom. The molecule has 0 aliphatic carbocycles. The zero-order chi connectivity index (χ0) is 37.3. The van der Waals surface area contributed by atoms with Crippen LogP contribution >= 0.6 is 11.8 Å². The molecule has 260 valence electrons. The van der Waals surface area contributed by atoms with Crippen molar-refractivity contribution in [3.8, 4) is 29.5 Å². The van der Waals surface area contributed by atoms with Crippen molar-refractivity contribution >= 4 is 77.2 Å². The first-order chi connectivity index (χ1) is 27.7. The molecule has 0 aliphatic rings. The van der Waals surface area contributed by atoms with Gasteiger partial charge in [0.1, 0.15) is 11.6 Å². The minimum atomic E-state index is 0.469. The summed E-state index contributed by atoms with van der Waals surface area (Å²) < 4.78 is 7.06. The predicted molar refractivity (Wildman–Crippen MR) is 225 cm³/mol. The maximum absolute atomic E-state index is 9.58. The van der Waals surface area contributed by atoms with Gasteiger partial charge >= 0.3 is 0 Å². The van der Waals surface area contributed by atoms with Gasteiger partial charge in [-0.2, -0.15) is 10.5 Å². The molecular weight excluding hydrogens is 707 g/mol. The number of para-hydroxylation sites is 3. The molecule has 0 aliphatic heterocycles. The first kappa shape index (κ1) is 31.8. The Balaban J connectivity index is 1.31. The number of hydrogen-bond donors (Lipinski definition) is 0. The van der Waals surface area contributed by atoms with Crippen molar-refractivity contribution in [1.29, 1.82) is 10.5 Å². The maximum Gasteiger partial charge on any atom is 0.137 e. The van der Waals surface area contributed by atoms with E-state index < -0.39 is 0 Å². The molecule has 0 radical (unpaired) electrons. The van der Waals surface area contributed by atoms with E-state index in [0.29, 0.717) is 11.1 Å². The number of aromatic nitrogens is 5. The second-order valence-electron chi connectivity index (χ2n) is 13.7. The maximum atomic E-state index is 9.58. The molecule has 0 N–H and O–H groups in total. The van der Waals surface area contributed by atoms with Crippen molar-refractivity contribution in [2.24, 2.45) is 0 Å². The van der Waals surface area contributed by atoms with Crippen LogP contribution in [0.15, 0.2) is 174 Å². The first-order valence-corrected chi connectivity index (χ1v) is 19.0. The number of nitrogens with zero attached hydrogens (tertiary/aromatic N) is 7. The summed E-state index contributed by atoms with van der Waals surface area (Å²) in [5.41, 5.74) is 8.45. The van der Waals surface area contributed by atoms with E-state index in [0.717, 1.165) is 92.5 Å². The van der Waals surface area contributed by atoms with Crippen LogP contribution in [0.25, 0.3) is 82.7 Å². The molecule has 0 fully saturated rings. The van der Waals surface area contributed by atoms with Gasteiger partial charge in [0, 0.05) is 60.2 Å². The van der Waals surface area contributed by atoms with Crippen LogP contribution < -0.4 is 0 Å². The van der Waals surface area contributed by atoms with Gasteiger partial charge in [-0.25, -0.2) is 9.97 Å². The third-order valence-electron chi connectivity index (χ3n) is 10.6. The molecule has 5 heterocycles. The molecule has 56 heavy (non-hydrogen) atoms. The fourth-order valence-corrected chi connectivity index (χ4v) is 9.37.